The largest absolute Gasteiger partial charge is 0.483 e. The van der Waals surface area contributed by atoms with Gasteiger partial charge in [-0.05, 0) is 57.4 Å². The molecule has 2 N–H and O–H groups in total. The molecular weight excluding hydrogens is 406 g/mol. The zero-order valence-corrected chi connectivity index (χ0v) is 19.3. The van der Waals surface area contributed by atoms with E-state index >= 15 is 0 Å². The summed E-state index contributed by atoms with van der Waals surface area (Å²) in [6.45, 7) is 9.66. The summed E-state index contributed by atoms with van der Waals surface area (Å²) in [6.07, 6.45) is 0.662. The van der Waals surface area contributed by atoms with Crippen LogP contribution in [0.2, 0.25) is 0 Å². The highest BCUT2D eigenvalue weighted by Gasteiger charge is 2.24. The Morgan fingerprint density at radius 2 is 1.75 bits per heavy atom. The Bertz CT molecular complexity index is 1050. The number of carbonyl (C=O) groups excluding carboxylic acids is 2. The Labute approximate surface area is 188 Å². The van der Waals surface area contributed by atoms with Gasteiger partial charge in [0, 0.05) is 5.54 Å². The summed E-state index contributed by atoms with van der Waals surface area (Å²) >= 11 is 0. The average molecular weight is 438 g/mol. The number of nitrogens with one attached hydrogen (secondary N) is 2. The first kappa shape index (κ1) is 23.3. The van der Waals surface area contributed by atoms with Gasteiger partial charge >= 0.3 is 0 Å². The molecule has 2 amide bonds. The Hall–Kier alpha value is -3.35. The minimum Gasteiger partial charge on any atom is -0.483 e. The molecule has 0 fully saturated rings. The summed E-state index contributed by atoms with van der Waals surface area (Å²) < 4.78 is 11.6. The van der Waals surface area contributed by atoms with Gasteiger partial charge in [0.1, 0.15) is 17.3 Å². The summed E-state index contributed by atoms with van der Waals surface area (Å²) in [5.74, 6) is 0.552. The number of nitrogens with zero attached hydrogens (tertiary/aromatic N) is 1. The van der Waals surface area contributed by atoms with Crippen molar-refractivity contribution < 1.29 is 18.7 Å². The van der Waals surface area contributed by atoms with Crippen LogP contribution in [0.4, 0.5) is 0 Å². The van der Waals surface area contributed by atoms with Crippen molar-refractivity contribution in [2.75, 3.05) is 6.61 Å². The van der Waals surface area contributed by atoms with Crippen LogP contribution in [0.25, 0.3) is 11.1 Å². The summed E-state index contributed by atoms with van der Waals surface area (Å²) in [6, 6.07) is 14.0. The van der Waals surface area contributed by atoms with Crippen LogP contribution in [0.1, 0.15) is 63.3 Å². The first-order valence-corrected chi connectivity index (χ1v) is 10.8. The van der Waals surface area contributed by atoms with Crippen LogP contribution in [0, 0.1) is 5.92 Å². The molecule has 32 heavy (non-hydrogen) atoms. The molecular formula is C25H31N3O4. The second kappa shape index (κ2) is 9.85. The number of fused-ring (bicyclic) bond motifs is 1. The van der Waals surface area contributed by atoms with Crippen LogP contribution in [-0.2, 0) is 4.79 Å². The molecule has 170 valence electrons. The second-order valence-electron chi connectivity index (χ2n) is 9.26. The van der Waals surface area contributed by atoms with Gasteiger partial charge in [-0.2, -0.15) is 0 Å². The van der Waals surface area contributed by atoms with Crippen LogP contribution >= 0.6 is 0 Å². The second-order valence-corrected chi connectivity index (χ2v) is 9.26. The van der Waals surface area contributed by atoms with Gasteiger partial charge in [-0.25, -0.2) is 4.98 Å². The number of rotatable bonds is 8. The van der Waals surface area contributed by atoms with Gasteiger partial charge in [0.2, 0.25) is 5.89 Å². The molecule has 0 saturated carbocycles. The number of carbonyl (C=O) groups is 2. The van der Waals surface area contributed by atoms with Crippen LogP contribution in [0.5, 0.6) is 5.75 Å². The monoisotopic (exact) mass is 437 g/mol. The molecule has 1 atom stereocenters. The first-order chi connectivity index (χ1) is 15.1. The first-order valence-electron chi connectivity index (χ1n) is 10.8. The molecule has 0 spiro atoms. The van der Waals surface area contributed by atoms with Crippen LogP contribution in [0.3, 0.4) is 0 Å². The van der Waals surface area contributed by atoms with Crippen LogP contribution in [0.15, 0.2) is 52.9 Å². The third-order valence-corrected chi connectivity index (χ3v) is 4.63. The fraction of sp³-hybridized carbons (Fsp3) is 0.400. The number of para-hydroxylation sites is 3. The minimum absolute atomic E-state index is 0.178. The molecule has 0 radical (unpaired) electrons. The van der Waals surface area contributed by atoms with Gasteiger partial charge in [-0.3, -0.25) is 9.59 Å². The molecule has 0 saturated heterocycles. The Balaban J connectivity index is 1.77. The molecule has 3 aromatic rings. The summed E-state index contributed by atoms with van der Waals surface area (Å²) in [7, 11) is 0. The fourth-order valence-electron chi connectivity index (χ4n) is 3.35. The van der Waals surface area contributed by atoms with E-state index in [-0.39, 0.29) is 24.0 Å². The van der Waals surface area contributed by atoms with Gasteiger partial charge in [0.25, 0.3) is 11.8 Å². The number of hydrogen-bond acceptors (Lipinski definition) is 5. The van der Waals surface area contributed by atoms with Crippen molar-refractivity contribution in [2.45, 2.75) is 52.6 Å². The zero-order chi connectivity index (χ0) is 23.3. The molecule has 1 heterocycles. The molecule has 7 heteroatoms. The Morgan fingerprint density at radius 3 is 2.44 bits per heavy atom. The Morgan fingerprint density at radius 1 is 1.06 bits per heavy atom. The number of hydrogen-bond donors (Lipinski definition) is 2. The summed E-state index contributed by atoms with van der Waals surface area (Å²) in [4.78, 5) is 29.8. The lowest BCUT2D eigenvalue weighted by Gasteiger charge is -2.21. The molecule has 0 unspecified atom stereocenters. The van der Waals surface area contributed by atoms with Gasteiger partial charge in [-0.1, -0.05) is 38.1 Å². The highest BCUT2D eigenvalue weighted by molar-refractivity contribution is 5.97. The van der Waals surface area contributed by atoms with Crippen molar-refractivity contribution in [3.05, 3.63) is 60.0 Å². The molecule has 3 rings (SSSR count). The fourth-order valence-corrected chi connectivity index (χ4v) is 3.35. The van der Waals surface area contributed by atoms with Crippen molar-refractivity contribution in [1.29, 1.82) is 0 Å². The van der Waals surface area contributed by atoms with E-state index < -0.39 is 6.04 Å². The predicted octanol–water partition coefficient (Wildman–Crippen LogP) is 4.64. The number of aromatic nitrogens is 1. The zero-order valence-electron chi connectivity index (χ0n) is 19.3. The van der Waals surface area contributed by atoms with E-state index in [1.165, 1.54) is 0 Å². The lowest BCUT2D eigenvalue weighted by atomic mass is 10.0. The van der Waals surface area contributed by atoms with E-state index in [1.807, 2.05) is 45.0 Å². The highest BCUT2D eigenvalue weighted by atomic mass is 16.5. The quantitative estimate of drug-likeness (QED) is 0.536. The third kappa shape index (κ3) is 6.33. The van der Waals surface area contributed by atoms with Crippen molar-refractivity contribution in [3.8, 4) is 5.75 Å². The molecule has 7 nitrogen and oxygen atoms in total. The predicted molar refractivity (Wildman–Crippen MR) is 124 cm³/mol. The summed E-state index contributed by atoms with van der Waals surface area (Å²) in [5, 5.41) is 5.87. The van der Waals surface area contributed by atoms with E-state index in [1.54, 1.807) is 24.3 Å². The lowest BCUT2D eigenvalue weighted by molar-refractivity contribution is -0.124. The maximum Gasteiger partial charge on any atom is 0.258 e. The van der Waals surface area contributed by atoms with Crippen LogP contribution in [-0.4, -0.2) is 28.9 Å². The third-order valence-electron chi connectivity index (χ3n) is 4.63. The van der Waals surface area contributed by atoms with Crippen molar-refractivity contribution in [2.24, 2.45) is 5.92 Å². The summed E-state index contributed by atoms with van der Waals surface area (Å²) in [5.41, 5.74) is 1.42. The van der Waals surface area contributed by atoms with E-state index in [4.69, 9.17) is 9.15 Å². The molecule has 0 aliphatic carbocycles. The van der Waals surface area contributed by atoms with E-state index in [0.29, 0.717) is 35.1 Å². The normalized spacial score (nSPS) is 12.6. The minimum atomic E-state index is -0.396. The topological polar surface area (TPSA) is 93.5 Å². The van der Waals surface area contributed by atoms with Gasteiger partial charge in [-0.15, -0.1) is 0 Å². The number of benzene rings is 2. The highest BCUT2D eigenvalue weighted by Crippen LogP contribution is 2.26. The number of oxazole rings is 1. The van der Waals surface area contributed by atoms with E-state index in [0.717, 1.165) is 5.52 Å². The molecule has 2 aromatic carbocycles. The number of ether oxygens (including phenoxy) is 1. The number of amides is 2. The van der Waals surface area contributed by atoms with Gasteiger partial charge in [0.15, 0.2) is 12.2 Å². The van der Waals surface area contributed by atoms with Gasteiger partial charge in [0.05, 0.1) is 5.56 Å². The van der Waals surface area contributed by atoms with Crippen molar-refractivity contribution in [1.82, 2.24) is 15.6 Å². The maximum absolute atomic E-state index is 13.2. The average Bonchev–Trinajstić information content (AvgIpc) is 3.14. The van der Waals surface area contributed by atoms with Crippen molar-refractivity contribution in [3.63, 3.8) is 0 Å². The molecule has 1 aromatic heterocycles. The molecule has 0 aliphatic rings. The van der Waals surface area contributed by atoms with Gasteiger partial charge < -0.3 is 19.8 Å². The van der Waals surface area contributed by atoms with Crippen LogP contribution < -0.4 is 15.4 Å². The maximum atomic E-state index is 13.2. The smallest absolute Gasteiger partial charge is 0.258 e. The van der Waals surface area contributed by atoms with Crippen molar-refractivity contribution >= 4 is 22.9 Å². The Kier molecular flexibility index (Phi) is 7.18. The van der Waals surface area contributed by atoms with E-state index in [2.05, 4.69) is 29.5 Å². The molecule has 0 bridgehead atoms. The SMILES string of the molecule is CC(C)C[C@@H](NC(=O)c1ccccc1OCC(=O)NC(C)(C)C)c1nc2ccccc2o1. The van der Waals surface area contributed by atoms with E-state index in [9.17, 15) is 9.59 Å². The lowest BCUT2D eigenvalue weighted by Crippen LogP contribution is -2.43. The molecule has 0 aliphatic heterocycles. The standard InChI is InChI=1S/C25H31N3O4/c1-16(2)14-19(24-27-18-11-7-9-13-21(18)32-24)26-23(30)17-10-6-8-12-20(17)31-15-22(29)28-25(3,4)5/h6-13,16,19H,14-15H2,1-5H3,(H,26,30)(H,28,29)/t19-/m1/s1.